The molecule has 1 nitrogen and oxygen atoms in total. The SMILES string of the molecule is O=C(CC1CCCCCC1)c1ccc(I)cc1. The zero-order valence-electron chi connectivity index (χ0n) is 10.1. The molecule has 0 aromatic heterocycles. The highest BCUT2D eigenvalue weighted by atomic mass is 127. The molecule has 2 rings (SSSR count). The smallest absolute Gasteiger partial charge is 0.163 e. The lowest BCUT2D eigenvalue weighted by molar-refractivity contribution is 0.0957. The van der Waals surface area contributed by atoms with Crippen LogP contribution in [0.1, 0.15) is 55.3 Å². The molecular formula is C15H19IO. The van der Waals surface area contributed by atoms with Gasteiger partial charge in [-0.2, -0.15) is 0 Å². The van der Waals surface area contributed by atoms with Crippen molar-refractivity contribution in [2.75, 3.05) is 0 Å². The first-order valence-corrected chi connectivity index (χ1v) is 7.62. The molecule has 1 fully saturated rings. The Hall–Kier alpha value is -0.380. The van der Waals surface area contributed by atoms with Crippen molar-refractivity contribution in [3.63, 3.8) is 0 Å². The molecule has 0 aliphatic heterocycles. The fourth-order valence-electron chi connectivity index (χ4n) is 2.58. The maximum Gasteiger partial charge on any atom is 0.163 e. The monoisotopic (exact) mass is 342 g/mol. The van der Waals surface area contributed by atoms with Crippen molar-refractivity contribution in [1.82, 2.24) is 0 Å². The molecule has 0 heterocycles. The van der Waals surface area contributed by atoms with E-state index in [1.165, 1.54) is 42.1 Å². The zero-order valence-corrected chi connectivity index (χ0v) is 12.3. The van der Waals surface area contributed by atoms with Crippen LogP contribution in [0.2, 0.25) is 0 Å². The van der Waals surface area contributed by atoms with Crippen LogP contribution in [0.25, 0.3) is 0 Å². The van der Waals surface area contributed by atoms with Crippen molar-refractivity contribution < 1.29 is 4.79 Å². The van der Waals surface area contributed by atoms with Gasteiger partial charge in [0.1, 0.15) is 0 Å². The predicted octanol–water partition coefficient (Wildman–Crippen LogP) is 4.83. The molecule has 2 heteroatoms. The normalized spacial score (nSPS) is 17.7. The van der Waals surface area contributed by atoms with Crippen LogP contribution in [0.5, 0.6) is 0 Å². The Morgan fingerprint density at radius 3 is 2.24 bits per heavy atom. The molecule has 0 amide bonds. The van der Waals surface area contributed by atoms with Gasteiger partial charge in [0.05, 0.1) is 0 Å². The molecule has 1 aliphatic carbocycles. The first-order valence-electron chi connectivity index (χ1n) is 6.54. The Bertz CT molecular complexity index is 361. The van der Waals surface area contributed by atoms with Crippen molar-refractivity contribution in [3.05, 3.63) is 33.4 Å². The van der Waals surface area contributed by atoms with Crippen LogP contribution in [-0.4, -0.2) is 5.78 Å². The topological polar surface area (TPSA) is 17.1 Å². The second-order valence-electron chi connectivity index (χ2n) is 4.99. The number of rotatable bonds is 3. The molecular weight excluding hydrogens is 323 g/mol. The summed E-state index contributed by atoms with van der Waals surface area (Å²) in [6.07, 6.45) is 8.57. The van der Waals surface area contributed by atoms with E-state index in [4.69, 9.17) is 0 Å². The Kier molecular flexibility index (Phi) is 5.01. The standard InChI is InChI=1S/C15H19IO/c16-14-9-7-13(8-10-14)15(17)11-12-5-3-1-2-4-6-12/h7-10,12H,1-6,11H2. The van der Waals surface area contributed by atoms with Crippen LogP contribution in [0.15, 0.2) is 24.3 Å². The minimum Gasteiger partial charge on any atom is -0.294 e. The van der Waals surface area contributed by atoms with Crippen LogP contribution in [0.3, 0.4) is 0 Å². The summed E-state index contributed by atoms with van der Waals surface area (Å²) >= 11 is 2.27. The Balaban J connectivity index is 1.93. The molecule has 0 N–H and O–H groups in total. The fraction of sp³-hybridized carbons (Fsp3) is 0.533. The number of benzene rings is 1. The maximum absolute atomic E-state index is 12.1. The van der Waals surface area contributed by atoms with E-state index in [0.717, 1.165) is 12.0 Å². The zero-order chi connectivity index (χ0) is 12.1. The average Bonchev–Trinajstić information content (AvgIpc) is 2.58. The van der Waals surface area contributed by atoms with Gasteiger partial charge in [-0.15, -0.1) is 0 Å². The Morgan fingerprint density at radius 2 is 1.65 bits per heavy atom. The van der Waals surface area contributed by atoms with Crippen LogP contribution in [0, 0.1) is 9.49 Å². The Labute approximate surface area is 117 Å². The second-order valence-corrected chi connectivity index (χ2v) is 6.24. The molecule has 1 aliphatic rings. The summed E-state index contributed by atoms with van der Waals surface area (Å²) < 4.78 is 1.19. The lowest BCUT2D eigenvalue weighted by Crippen LogP contribution is -2.08. The van der Waals surface area contributed by atoms with Crippen molar-refractivity contribution in [2.45, 2.75) is 44.9 Å². The lowest BCUT2D eigenvalue weighted by atomic mass is 9.92. The van der Waals surface area contributed by atoms with E-state index in [0.29, 0.717) is 11.7 Å². The van der Waals surface area contributed by atoms with E-state index < -0.39 is 0 Å². The summed E-state index contributed by atoms with van der Waals surface area (Å²) in [7, 11) is 0. The third-order valence-corrected chi connectivity index (χ3v) is 4.33. The summed E-state index contributed by atoms with van der Waals surface area (Å²) in [5.41, 5.74) is 0.884. The van der Waals surface area contributed by atoms with Gasteiger partial charge in [-0.05, 0) is 40.6 Å². The highest BCUT2D eigenvalue weighted by molar-refractivity contribution is 14.1. The summed E-state index contributed by atoms with van der Waals surface area (Å²) in [5.74, 6) is 0.956. The van der Waals surface area contributed by atoms with E-state index in [9.17, 15) is 4.79 Å². The lowest BCUT2D eigenvalue weighted by Gasteiger charge is -2.12. The minimum absolute atomic E-state index is 0.327. The molecule has 0 radical (unpaired) electrons. The second kappa shape index (κ2) is 6.53. The molecule has 1 saturated carbocycles. The molecule has 0 atom stereocenters. The third-order valence-electron chi connectivity index (χ3n) is 3.62. The van der Waals surface area contributed by atoms with Gasteiger partial charge in [0.2, 0.25) is 0 Å². The molecule has 0 unspecified atom stereocenters. The molecule has 1 aromatic rings. The summed E-state index contributed by atoms with van der Waals surface area (Å²) in [5, 5.41) is 0. The average molecular weight is 342 g/mol. The molecule has 0 saturated heterocycles. The molecule has 0 spiro atoms. The minimum atomic E-state index is 0.327. The molecule has 17 heavy (non-hydrogen) atoms. The summed E-state index contributed by atoms with van der Waals surface area (Å²) in [6.45, 7) is 0. The van der Waals surface area contributed by atoms with Gasteiger partial charge < -0.3 is 0 Å². The summed E-state index contributed by atoms with van der Waals surface area (Å²) in [4.78, 5) is 12.1. The van der Waals surface area contributed by atoms with E-state index in [-0.39, 0.29) is 0 Å². The van der Waals surface area contributed by atoms with Gasteiger partial charge in [-0.25, -0.2) is 0 Å². The van der Waals surface area contributed by atoms with E-state index in [1.54, 1.807) is 0 Å². The van der Waals surface area contributed by atoms with Gasteiger partial charge >= 0.3 is 0 Å². The quantitative estimate of drug-likeness (QED) is 0.437. The fourth-order valence-corrected chi connectivity index (χ4v) is 2.94. The van der Waals surface area contributed by atoms with Crippen molar-refractivity contribution in [1.29, 1.82) is 0 Å². The highest BCUT2D eigenvalue weighted by Gasteiger charge is 2.16. The van der Waals surface area contributed by atoms with Crippen LogP contribution >= 0.6 is 22.6 Å². The van der Waals surface area contributed by atoms with Crippen molar-refractivity contribution in [2.24, 2.45) is 5.92 Å². The van der Waals surface area contributed by atoms with Gasteiger partial charge in [0.15, 0.2) is 5.78 Å². The predicted molar refractivity (Wildman–Crippen MR) is 79.3 cm³/mol. The van der Waals surface area contributed by atoms with E-state index >= 15 is 0 Å². The van der Waals surface area contributed by atoms with Gasteiger partial charge in [-0.1, -0.05) is 50.7 Å². The van der Waals surface area contributed by atoms with E-state index in [1.807, 2.05) is 24.3 Å². The van der Waals surface area contributed by atoms with Gasteiger partial charge in [0, 0.05) is 15.6 Å². The number of halogens is 1. The number of Topliss-reactive ketones (excluding diaryl/α,β-unsaturated/α-hetero) is 1. The number of hydrogen-bond donors (Lipinski definition) is 0. The van der Waals surface area contributed by atoms with Crippen LogP contribution in [0.4, 0.5) is 0 Å². The largest absolute Gasteiger partial charge is 0.294 e. The number of carbonyl (C=O) groups is 1. The molecule has 1 aromatic carbocycles. The first kappa shape index (κ1) is 13.1. The van der Waals surface area contributed by atoms with E-state index in [2.05, 4.69) is 22.6 Å². The molecule has 92 valence electrons. The number of ketones is 1. The summed E-state index contributed by atoms with van der Waals surface area (Å²) in [6, 6.07) is 7.95. The van der Waals surface area contributed by atoms with Crippen LogP contribution in [-0.2, 0) is 0 Å². The van der Waals surface area contributed by atoms with Gasteiger partial charge in [0.25, 0.3) is 0 Å². The molecule has 0 bridgehead atoms. The first-order chi connectivity index (χ1) is 8.25. The highest BCUT2D eigenvalue weighted by Crippen LogP contribution is 2.26. The number of carbonyl (C=O) groups excluding carboxylic acids is 1. The van der Waals surface area contributed by atoms with Gasteiger partial charge in [-0.3, -0.25) is 4.79 Å². The maximum atomic E-state index is 12.1. The van der Waals surface area contributed by atoms with Crippen LogP contribution < -0.4 is 0 Å². The Morgan fingerprint density at radius 1 is 1.06 bits per heavy atom. The van der Waals surface area contributed by atoms with Crippen molar-refractivity contribution >= 4 is 28.4 Å². The number of hydrogen-bond acceptors (Lipinski definition) is 1. The third kappa shape index (κ3) is 4.09. The van der Waals surface area contributed by atoms with Crippen molar-refractivity contribution in [3.8, 4) is 0 Å².